The molecule has 2 aromatic rings. The van der Waals surface area contributed by atoms with Gasteiger partial charge in [-0.25, -0.2) is 4.39 Å². The van der Waals surface area contributed by atoms with Crippen molar-refractivity contribution in [2.75, 3.05) is 30.0 Å². The molecular formula is C19H21FN2O2. The molecule has 0 spiro atoms. The third-order valence-electron chi connectivity index (χ3n) is 4.31. The second kappa shape index (κ2) is 6.91. The van der Waals surface area contributed by atoms with Gasteiger partial charge in [-0.1, -0.05) is 12.1 Å². The Bertz CT molecular complexity index is 748. The van der Waals surface area contributed by atoms with Crippen LogP contribution in [0.1, 0.15) is 18.9 Å². The van der Waals surface area contributed by atoms with Crippen LogP contribution in [0.4, 0.5) is 15.8 Å². The van der Waals surface area contributed by atoms with Gasteiger partial charge in [-0.15, -0.1) is 0 Å². The van der Waals surface area contributed by atoms with Crippen molar-refractivity contribution in [3.05, 3.63) is 53.8 Å². The number of fused-ring (bicyclic) bond motifs is 1. The smallest absolute Gasteiger partial charge is 0.223 e. The van der Waals surface area contributed by atoms with E-state index in [2.05, 4.69) is 4.90 Å². The van der Waals surface area contributed by atoms with Crippen molar-refractivity contribution in [3.63, 3.8) is 0 Å². The van der Waals surface area contributed by atoms with Gasteiger partial charge in [0.15, 0.2) is 0 Å². The normalized spacial score (nSPS) is 14.1. The number of methoxy groups -OCH3 is 1. The van der Waals surface area contributed by atoms with Crippen molar-refractivity contribution < 1.29 is 13.9 Å². The van der Waals surface area contributed by atoms with E-state index in [9.17, 15) is 9.18 Å². The van der Waals surface area contributed by atoms with Crippen LogP contribution in [-0.2, 0) is 11.3 Å². The number of carbonyl (C=O) groups excluding carboxylic acids is 1. The lowest BCUT2D eigenvalue weighted by Gasteiger charge is -2.27. The third kappa shape index (κ3) is 3.20. The number of hydrogen-bond acceptors (Lipinski definition) is 3. The van der Waals surface area contributed by atoms with E-state index in [1.165, 1.54) is 12.1 Å². The minimum Gasteiger partial charge on any atom is -0.496 e. The van der Waals surface area contributed by atoms with Crippen LogP contribution in [0.5, 0.6) is 5.75 Å². The van der Waals surface area contributed by atoms with Gasteiger partial charge in [0.25, 0.3) is 0 Å². The van der Waals surface area contributed by atoms with Crippen LogP contribution in [-0.4, -0.2) is 26.1 Å². The van der Waals surface area contributed by atoms with Gasteiger partial charge in [-0.2, -0.15) is 0 Å². The lowest BCUT2D eigenvalue weighted by atomic mass is 10.1. The van der Waals surface area contributed by atoms with Crippen molar-refractivity contribution in [3.8, 4) is 5.75 Å². The molecular weight excluding hydrogens is 307 g/mol. The summed E-state index contributed by atoms with van der Waals surface area (Å²) >= 11 is 0. The van der Waals surface area contributed by atoms with E-state index in [1.54, 1.807) is 25.0 Å². The Balaban J connectivity index is 1.98. The van der Waals surface area contributed by atoms with E-state index >= 15 is 0 Å². The molecule has 1 heterocycles. The standard InChI is InChI=1S/C19H21FN2O2/c1-14(23)22-11-5-10-21(17-6-3-4-7-18(17)22)13-15-12-16(20)8-9-19(15)24-2/h3-4,6-9,12H,5,10-11,13H2,1-2H3. The summed E-state index contributed by atoms with van der Waals surface area (Å²) in [7, 11) is 1.59. The van der Waals surface area contributed by atoms with Crippen molar-refractivity contribution >= 4 is 17.3 Å². The highest BCUT2D eigenvalue weighted by atomic mass is 19.1. The minimum absolute atomic E-state index is 0.0348. The number of halogens is 1. The molecule has 24 heavy (non-hydrogen) atoms. The average Bonchev–Trinajstić information content (AvgIpc) is 2.75. The first-order valence-corrected chi connectivity index (χ1v) is 8.04. The van der Waals surface area contributed by atoms with Crippen molar-refractivity contribution in [2.45, 2.75) is 19.9 Å². The van der Waals surface area contributed by atoms with Gasteiger partial charge in [-0.3, -0.25) is 4.79 Å². The average molecular weight is 328 g/mol. The molecule has 0 saturated heterocycles. The summed E-state index contributed by atoms with van der Waals surface area (Å²) < 4.78 is 19.0. The molecule has 1 aliphatic rings. The molecule has 0 bridgehead atoms. The number of carbonyl (C=O) groups is 1. The Labute approximate surface area is 141 Å². The molecule has 1 amide bonds. The summed E-state index contributed by atoms with van der Waals surface area (Å²) in [5.41, 5.74) is 2.68. The number of anilines is 2. The molecule has 0 N–H and O–H groups in total. The fourth-order valence-corrected chi connectivity index (χ4v) is 3.19. The number of hydrogen-bond donors (Lipinski definition) is 0. The number of amides is 1. The predicted octanol–water partition coefficient (Wildman–Crippen LogP) is 3.60. The SMILES string of the molecule is COc1ccc(F)cc1CN1CCCN(C(C)=O)c2ccccc21. The second-order valence-electron chi connectivity index (χ2n) is 5.89. The van der Waals surface area contributed by atoms with Gasteiger partial charge >= 0.3 is 0 Å². The van der Waals surface area contributed by atoms with E-state index in [4.69, 9.17) is 4.74 Å². The van der Waals surface area contributed by atoms with Crippen molar-refractivity contribution in [2.24, 2.45) is 0 Å². The fraction of sp³-hybridized carbons (Fsp3) is 0.316. The Morgan fingerprint density at radius 2 is 1.92 bits per heavy atom. The minimum atomic E-state index is -0.278. The first-order valence-electron chi connectivity index (χ1n) is 8.04. The Hall–Kier alpha value is -2.56. The molecule has 0 atom stereocenters. The summed E-state index contributed by atoms with van der Waals surface area (Å²) in [6, 6.07) is 12.4. The molecule has 126 valence electrons. The van der Waals surface area contributed by atoms with Gasteiger partial charge in [0.1, 0.15) is 11.6 Å². The van der Waals surface area contributed by atoms with E-state index in [1.807, 2.05) is 24.3 Å². The maximum absolute atomic E-state index is 13.7. The number of para-hydroxylation sites is 2. The van der Waals surface area contributed by atoms with Crippen molar-refractivity contribution in [1.82, 2.24) is 0 Å². The number of benzene rings is 2. The monoisotopic (exact) mass is 328 g/mol. The zero-order chi connectivity index (χ0) is 17.1. The number of rotatable bonds is 3. The molecule has 0 saturated carbocycles. The molecule has 5 heteroatoms. The lowest BCUT2D eigenvalue weighted by Crippen LogP contribution is -2.28. The van der Waals surface area contributed by atoms with Crippen LogP contribution < -0.4 is 14.5 Å². The van der Waals surface area contributed by atoms with E-state index in [0.29, 0.717) is 18.8 Å². The van der Waals surface area contributed by atoms with Crippen LogP contribution >= 0.6 is 0 Å². The zero-order valence-corrected chi connectivity index (χ0v) is 14.0. The summed E-state index contributed by atoms with van der Waals surface area (Å²) in [4.78, 5) is 15.9. The molecule has 0 aliphatic carbocycles. The first-order chi connectivity index (χ1) is 11.6. The Morgan fingerprint density at radius 3 is 2.62 bits per heavy atom. The summed E-state index contributed by atoms with van der Waals surface area (Å²) in [5, 5.41) is 0. The second-order valence-corrected chi connectivity index (χ2v) is 5.89. The first kappa shape index (κ1) is 16.3. The van der Waals surface area contributed by atoms with E-state index in [-0.39, 0.29) is 11.7 Å². The van der Waals surface area contributed by atoms with Crippen LogP contribution in [0.25, 0.3) is 0 Å². The van der Waals surface area contributed by atoms with Crippen LogP contribution in [0.15, 0.2) is 42.5 Å². The summed E-state index contributed by atoms with van der Waals surface area (Å²) in [5.74, 6) is 0.424. The quantitative estimate of drug-likeness (QED) is 0.863. The van der Waals surface area contributed by atoms with Gasteiger partial charge in [0.05, 0.1) is 18.5 Å². The largest absolute Gasteiger partial charge is 0.496 e. The number of ether oxygens (including phenoxy) is 1. The number of nitrogens with zero attached hydrogens (tertiary/aromatic N) is 2. The van der Waals surface area contributed by atoms with Crippen LogP contribution in [0.3, 0.4) is 0 Å². The highest BCUT2D eigenvalue weighted by Gasteiger charge is 2.23. The zero-order valence-electron chi connectivity index (χ0n) is 14.0. The van der Waals surface area contributed by atoms with Gasteiger partial charge in [0, 0.05) is 32.1 Å². The predicted molar refractivity (Wildman–Crippen MR) is 93.1 cm³/mol. The van der Waals surface area contributed by atoms with Crippen LogP contribution in [0, 0.1) is 5.82 Å². The molecule has 2 aromatic carbocycles. The van der Waals surface area contributed by atoms with E-state index < -0.39 is 0 Å². The fourth-order valence-electron chi connectivity index (χ4n) is 3.19. The summed E-state index contributed by atoms with van der Waals surface area (Å²) in [6.07, 6.45) is 0.853. The van der Waals surface area contributed by atoms with Gasteiger partial charge < -0.3 is 14.5 Å². The highest BCUT2D eigenvalue weighted by molar-refractivity contribution is 5.95. The maximum Gasteiger partial charge on any atom is 0.223 e. The molecule has 3 rings (SSSR count). The van der Waals surface area contributed by atoms with Gasteiger partial charge in [-0.05, 0) is 36.8 Å². The Kier molecular flexibility index (Phi) is 4.69. The Morgan fingerprint density at radius 1 is 1.17 bits per heavy atom. The molecule has 0 radical (unpaired) electrons. The molecule has 0 fully saturated rings. The highest BCUT2D eigenvalue weighted by Crippen LogP contribution is 2.34. The molecule has 4 nitrogen and oxygen atoms in total. The molecule has 0 aromatic heterocycles. The maximum atomic E-state index is 13.7. The van der Waals surface area contributed by atoms with Crippen LogP contribution in [0.2, 0.25) is 0 Å². The van der Waals surface area contributed by atoms with E-state index in [0.717, 1.165) is 29.9 Å². The summed E-state index contributed by atoms with van der Waals surface area (Å²) in [6.45, 7) is 3.59. The third-order valence-corrected chi connectivity index (χ3v) is 4.31. The van der Waals surface area contributed by atoms with Crippen molar-refractivity contribution in [1.29, 1.82) is 0 Å². The lowest BCUT2D eigenvalue weighted by molar-refractivity contribution is -0.116. The molecule has 0 unspecified atom stereocenters. The topological polar surface area (TPSA) is 32.8 Å². The molecule has 1 aliphatic heterocycles. The van der Waals surface area contributed by atoms with Gasteiger partial charge in [0.2, 0.25) is 5.91 Å².